The maximum Gasteiger partial charge on any atom is 0.226 e. The number of ether oxygens (including phenoxy) is 2. The summed E-state index contributed by atoms with van der Waals surface area (Å²) in [6, 6.07) is 9.44. The Hall–Kier alpha value is -3.95. The summed E-state index contributed by atoms with van der Waals surface area (Å²) in [5.74, 6) is 2.95. The van der Waals surface area contributed by atoms with Crippen LogP contribution in [0.1, 0.15) is 43.1 Å². The number of fused-ring (bicyclic) bond motifs is 2. The van der Waals surface area contributed by atoms with Crippen molar-refractivity contribution in [2.45, 2.75) is 33.1 Å². The van der Waals surface area contributed by atoms with Gasteiger partial charge in [-0.25, -0.2) is 0 Å². The fourth-order valence-corrected chi connectivity index (χ4v) is 3.97. The normalized spacial score (nSPS) is 15.5. The number of amides is 1. The summed E-state index contributed by atoms with van der Waals surface area (Å²) in [7, 11) is 0. The van der Waals surface area contributed by atoms with E-state index in [0.29, 0.717) is 54.2 Å². The van der Waals surface area contributed by atoms with Gasteiger partial charge in [0.15, 0.2) is 28.8 Å². The number of carbonyl (C=O) groups is 1. The van der Waals surface area contributed by atoms with Crippen molar-refractivity contribution < 1.29 is 14.3 Å². The molecule has 0 fully saturated rings. The van der Waals surface area contributed by atoms with E-state index in [1.54, 1.807) is 21.5 Å². The van der Waals surface area contributed by atoms with Crippen molar-refractivity contribution in [3.63, 3.8) is 0 Å². The van der Waals surface area contributed by atoms with E-state index in [2.05, 4.69) is 25.7 Å². The molecule has 0 bridgehead atoms. The first kappa shape index (κ1) is 20.0. The highest BCUT2D eigenvalue weighted by atomic mass is 16.5. The summed E-state index contributed by atoms with van der Waals surface area (Å²) >= 11 is 0. The van der Waals surface area contributed by atoms with Gasteiger partial charge in [0.2, 0.25) is 5.91 Å². The van der Waals surface area contributed by atoms with Gasteiger partial charge in [-0.3, -0.25) is 4.79 Å². The highest BCUT2D eigenvalue weighted by Gasteiger charge is 2.31. The Morgan fingerprint density at radius 2 is 1.91 bits per heavy atom. The standard InChI is InChI=1S/C22H23N7O3/c1-4-31-17-7-6-14(10-18(17)32-5-2)15-11-21(30)24-22-16(15)12-23-29(22)20-9-8-19-26-25-13(3)28(19)27-20/h6-10,12,15H,4-5,11H2,1-3H3,(H,24,30)/t15-/m0/s1. The Morgan fingerprint density at radius 3 is 2.72 bits per heavy atom. The molecule has 0 saturated carbocycles. The molecule has 1 aliphatic rings. The molecule has 1 N–H and O–H groups in total. The molecule has 5 rings (SSSR count). The molecule has 32 heavy (non-hydrogen) atoms. The third-order valence-corrected chi connectivity index (χ3v) is 5.41. The van der Waals surface area contributed by atoms with Crippen molar-refractivity contribution in [3.8, 4) is 17.3 Å². The summed E-state index contributed by atoms with van der Waals surface area (Å²) in [5.41, 5.74) is 2.52. The van der Waals surface area contributed by atoms with Crippen LogP contribution in [0.2, 0.25) is 0 Å². The number of hydrogen-bond donors (Lipinski definition) is 1. The van der Waals surface area contributed by atoms with Crippen LogP contribution in [-0.4, -0.2) is 48.7 Å². The minimum atomic E-state index is -0.164. The van der Waals surface area contributed by atoms with Gasteiger partial charge in [-0.2, -0.15) is 14.3 Å². The minimum Gasteiger partial charge on any atom is -0.490 e. The zero-order valence-corrected chi connectivity index (χ0v) is 18.1. The van der Waals surface area contributed by atoms with E-state index in [1.807, 2.05) is 45.0 Å². The lowest BCUT2D eigenvalue weighted by Crippen LogP contribution is -2.25. The Balaban J connectivity index is 1.57. The van der Waals surface area contributed by atoms with Crippen LogP contribution in [0.3, 0.4) is 0 Å². The monoisotopic (exact) mass is 433 g/mol. The second-order valence-electron chi connectivity index (χ2n) is 7.45. The number of aryl methyl sites for hydroxylation is 1. The fourth-order valence-electron chi connectivity index (χ4n) is 3.97. The average molecular weight is 433 g/mol. The number of carbonyl (C=O) groups excluding carboxylic acids is 1. The molecule has 1 aliphatic heterocycles. The van der Waals surface area contributed by atoms with Crippen LogP contribution < -0.4 is 14.8 Å². The maximum atomic E-state index is 12.6. The van der Waals surface area contributed by atoms with Crippen molar-refractivity contribution in [1.29, 1.82) is 0 Å². The summed E-state index contributed by atoms with van der Waals surface area (Å²) in [4.78, 5) is 12.6. The van der Waals surface area contributed by atoms with E-state index in [-0.39, 0.29) is 11.8 Å². The molecule has 0 saturated heterocycles. The molecule has 0 unspecified atom stereocenters. The predicted molar refractivity (Wildman–Crippen MR) is 117 cm³/mol. The predicted octanol–water partition coefficient (Wildman–Crippen LogP) is 2.89. The minimum absolute atomic E-state index is 0.0855. The highest BCUT2D eigenvalue weighted by Crippen LogP contribution is 2.40. The van der Waals surface area contributed by atoms with Crippen molar-refractivity contribution in [2.24, 2.45) is 0 Å². The zero-order chi connectivity index (χ0) is 22.2. The summed E-state index contributed by atoms with van der Waals surface area (Å²) in [6.07, 6.45) is 2.09. The third-order valence-electron chi connectivity index (χ3n) is 5.41. The van der Waals surface area contributed by atoms with Crippen LogP contribution in [0.25, 0.3) is 11.5 Å². The smallest absolute Gasteiger partial charge is 0.226 e. The Labute approximate surface area is 184 Å². The number of rotatable bonds is 6. The number of aromatic nitrogens is 6. The van der Waals surface area contributed by atoms with E-state index in [0.717, 1.165) is 11.1 Å². The van der Waals surface area contributed by atoms with Crippen LogP contribution in [0.4, 0.5) is 5.82 Å². The Bertz CT molecular complexity index is 1310. The zero-order valence-electron chi connectivity index (χ0n) is 18.1. The summed E-state index contributed by atoms with van der Waals surface area (Å²) in [5, 5.41) is 20.2. The maximum absolute atomic E-state index is 12.6. The van der Waals surface area contributed by atoms with E-state index in [4.69, 9.17) is 9.47 Å². The lowest BCUT2D eigenvalue weighted by atomic mass is 9.87. The van der Waals surface area contributed by atoms with Crippen LogP contribution >= 0.6 is 0 Å². The van der Waals surface area contributed by atoms with Gasteiger partial charge in [0.25, 0.3) is 0 Å². The number of nitrogens with one attached hydrogen (secondary N) is 1. The van der Waals surface area contributed by atoms with Crippen molar-refractivity contribution in [3.05, 3.63) is 53.5 Å². The van der Waals surface area contributed by atoms with E-state index in [9.17, 15) is 4.79 Å². The van der Waals surface area contributed by atoms with Gasteiger partial charge in [-0.05, 0) is 50.6 Å². The molecule has 3 aromatic heterocycles. The first-order valence-corrected chi connectivity index (χ1v) is 10.6. The molecule has 164 valence electrons. The van der Waals surface area contributed by atoms with Crippen LogP contribution in [0.5, 0.6) is 11.5 Å². The topological polar surface area (TPSA) is 108 Å². The number of nitrogens with zero attached hydrogens (tertiary/aromatic N) is 6. The number of benzene rings is 1. The second kappa shape index (κ2) is 7.95. The van der Waals surface area contributed by atoms with Crippen molar-refractivity contribution >= 4 is 17.4 Å². The summed E-state index contributed by atoms with van der Waals surface area (Å²) in [6.45, 7) is 6.76. The quantitative estimate of drug-likeness (QED) is 0.498. The largest absolute Gasteiger partial charge is 0.490 e. The SMILES string of the molecule is CCOc1ccc([C@@H]2CC(=O)Nc3c2cnn3-c2ccc3nnc(C)n3n2)cc1OCC. The van der Waals surface area contributed by atoms with E-state index >= 15 is 0 Å². The molecular weight excluding hydrogens is 410 g/mol. The molecule has 0 spiro atoms. The average Bonchev–Trinajstić information content (AvgIpc) is 3.38. The van der Waals surface area contributed by atoms with E-state index in [1.165, 1.54) is 0 Å². The Morgan fingerprint density at radius 1 is 1.09 bits per heavy atom. The van der Waals surface area contributed by atoms with Crippen LogP contribution in [0, 0.1) is 6.92 Å². The van der Waals surface area contributed by atoms with Crippen LogP contribution in [0.15, 0.2) is 36.5 Å². The lowest BCUT2D eigenvalue weighted by molar-refractivity contribution is -0.116. The van der Waals surface area contributed by atoms with Gasteiger partial charge >= 0.3 is 0 Å². The molecular formula is C22H23N7O3. The van der Waals surface area contributed by atoms with Gasteiger partial charge in [-0.15, -0.1) is 15.3 Å². The van der Waals surface area contributed by atoms with Gasteiger partial charge in [0.1, 0.15) is 5.82 Å². The fraction of sp³-hybridized carbons (Fsp3) is 0.318. The van der Waals surface area contributed by atoms with Gasteiger partial charge in [0.05, 0.1) is 19.4 Å². The Kier molecular flexibility index (Phi) is 4.96. The molecule has 10 heteroatoms. The molecule has 4 heterocycles. The van der Waals surface area contributed by atoms with Gasteiger partial charge < -0.3 is 14.8 Å². The number of hydrogen-bond acceptors (Lipinski definition) is 7. The van der Waals surface area contributed by atoms with Gasteiger partial charge in [0, 0.05) is 17.9 Å². The van der Waals surface area contributed by atoms with E-state index < -0.39 is 0 Å². The molecule has 10 nitrogen and oxygen atoms in total. The second-order valence-corrected chi connectivity index (χ2v) is 7.45. The first-order valence-electron chi connectivity index (χ1n) is 10.6. The first-order chi connectivity index (χ1) is 15.6. The molecule has 0 aliphatic carbocycles. The van der Waals surface area contributed by atoms with Crippen LogP contribution in [-0.2, 0) is 4.79 Å². The molecule has 1 aromatic carbocycles. The van der Waals surface area contributed by atoms with Crippen molar-refractivity contribution in [2.75, 3.05) is 18.5 Å². The van der Waals surface area contributed by atoms with Gasteiger partial charge in [-0.1, -0.05) is 6.07 Å². The highest BCUT2D eigenvalue weighted by molar-refractivity contribution is 5.94. The third kappa shape index (κ3) is 3.33. The summed E-state index contributed by atoms with van der Waals surface area (Å²) < 4.78 is 14.7. The van der Waals surface area contributed by atoms with Crippen molar-refractivity contribution in [1.82, 2.24) is 29.6 Å². The molecule has 4 aromatic rings. The molecule has 1 amide bonds. The number of anilines is 1. The molecule has 0 radical (unpaired) electrons. The molecule has 1 atom stereocenters. The lowest BCUT2D eigenvalue weighted by Gasteiger charge is -2.24.